The van der Waals surface area contributed by atoms with Crippen molar-refractivity contribution in [1.82, 2.24) is 9.29 Å². The van der Waals surface area contributed by atoms with Crippen molar-refractivity contribution in [3.05, 3.63) is 46.1 Å². The first-order valence-corrected chi connectivity index (χ1v) is 13.5. The highest BCUT2D eigenvalue weighted by atomic mass is 35.5. The van der Waals surface area contributed by atoms with Crippen LogP contribution in [-0.4, -0.2) is 43.3 Å². The molecule has 0 bridgehead atoms. The first-order valence-electron chi connectivity index (χ1n) is 9.97. The number of benzene rings is 1. The Bertz CT molecular complexity index is 1440. The summed E-state index contributed by atoms with van der Waals surface area (Å²) in [5, 5.41) is 5.78. The number of nitrogens with zero attached hydrogens (tertiary/aromatic N) is 2. The summed E-state index contributed by atoms with van der Waals surface area (Å²) in [6.07, 6.45) is 1.03. The van der Waals surface area contributed by atoms with E-state index in [4.69, 9.17) is 20.8 Å². The molecule has 1 saturated heterocycles. The normalized spacial score (nSPS) is 17.0. The molecule has 0 unspecified atom stereocenters. The van der Waals surface area contributed by atoms with Gasteiger partial charge < -0.3 is 14.5 Å². The number of fused-ring (bicyclic) bond motifs is 1. The molecular formula is C21H18ClN3O5S3. The van der Waals surface area contributed by atoms with Crippen LogP contribution in [0.25, 0.3) is 22.4 Å². The van der Waals surface area contributed by atoms with Gasteiger partial charge in [0.15, 0.2) is 22.2 Å². The average molecular weight is 524 g/mol. The standard InChI is InChI=1S/C21H18ClN3O5S3/c1-29-15-6-2-4-12-10-16(30-19(12)15)13-11-31-21(23-13)24-20(26)14-5-3-9-25(14)33(27,28)18-8-7-17(22)32-18/h2,4,6-8,10-11,14H,3,5,9H2,1H3,(H,23,24,26)/t14-/m0/s1. The number of aromatic nitrogens is 1. The molecule has 0 radical (unpaired) electrons. The average Bonchev–Trinajstić information content (AvgIpc) is 3.58. The van der Waals surface area contributed by atoms with Gasteiger partial charge in [-0.05, 0) is 37.1 Å². The lowest BCUT2D eigenvalue weighted by Crippen LogP contribution is -2.42. The number of rotatable bonds is 6. The number of thiazole rings is 1. The number of methoxy groups -OCH3 is 1. The van der Waals surface area contributed by atoms with E-state index < -0.39 is 22.0 Å². The number of carbonyl (C=O) groups is 1. The first kappa shape index (κ1) is 22.4. The van der Waals surface area contributed by atoms with E-state index in [1.54, 1.807) is 12.5 Å². The molecule has 1 aliphatic rings. The molecule has 12 heteroatoms. The number of para-hydroxylation sites is 1. The van der Waals surface area contributed by atoms with E-state index in [0.717, 1.165) is 16.7 Å². The quantitative estimate of drug-likeness (QED) is 0.378. The summed E-state index contributed by atoms with van der Waals surface area (Å²) in [5.41, 5.74) is 1.19. The van der Waals surface area contributed by atoms with E-state index in [2.05, 4.69) is 10.3 Å². The Hall–Kier alpha value is -2.44. The molecule has 0 aliphatic carbocycles. The molecule has 3 aromatic heterocycles. The molecule has 4 heterocycles. The van der Waals surface area contributed by atoms with Crippen LogP contribution in [0, 0.1) is 0 Å². The third kappa shape index (κ3) is 4.15. The van der Waals surface area contributed by atoms with Gasteiger partial charge in [0, 0.05) is 17.3 Å². The molecule has 0 saturated carbocycles. The minimum absolute atomic E-state index is 0.129. The molecule has 1 aromatic carbocycles. The SMILES string of the molecule is COc1cccc2cc(-c3csc(NC(=O)[C@@H]4CCCN4S(=O)(=O)c4ccc(Cl)s4)n3)oc12. The zero-order chi connectivity index (χ0) is 23.2. The van der Waals surface area contributed by atoms with Gasteiger partial charge in [-0.15, -0.1) is 22.7 Å². The number of halogens is 1. The maximum absolute atomic E-state index is 13.0. The van der Waals surface area contributed by atoms with Crippen molar-refractivity contribution in [1.29, 1.82) is 0 Å². The zero-order valence-corrected chi connectivity index (χ0v) is 20.5. The molecule has 5 rings (SSSR count). The molecule has 4 aromatic rings. The Labute approximate surface area is 202 Å². The smallest absolute Gasteiger partial charge is 0.253 e. The molecule has 172 valence electrons. The van der Waals surface area contributed by atoms with Crippen LogP contribution in [0.4, 0.5) is 5.13 Å². The molecule has 1 aliphatic heterocycles. The van der Waals surface area contributed by atoms with Gasteiger partial charge in [0.05, 0.1) is 11.4 Å². The highest BCUT2D eigenvalue weighted by Crippen LogP contribution is 2.35. The largest absolute Gasteiger partial charge is 0.493 e. The maximum Gasteiger partial charge on any atom is 0.253 e. The second kappa shape index (κ2) is 8.73. The van der Waals surface area contributed by atoms with Crippen molar-refractivity contribution >= 4 is 66.3 Å². The second-order valence-corrected chi connectivity index (χ2v) is 12.0. The van der Waals surface area contributed by atoms with Crippen LogP contribution in [0.3, 0.4) is 0 Å². The number of ether oxygens (including phenoxy) is 1. The maximum atomic E-state index is 13.0. The van der Waals surface area contributed by atoms with Crippen molar-refractivity contribution in [3.63, 3.8) is 0 Å². The number of carbonyl (C=O) groups excluding carboxylic acids is 1. The first-order chi connectivity index (χ1) is 15.9. The van der Waals surface area contributed by atoms with Crippen molar-refractivity contribution in [2.45, 2.75) is 23.1 Å². The molecule has 0 spiro atoms. The Balaban J connectivity index is 1.35. The molecule has 33 heavy (non-hydrogen) atoms. The Morgan fingerprint density at radius 1 is 1.33 bits per heavy atom. The van der Waals surface area contributed by atoms with Crippen molar-refractivity contribution < 1.29 is 22.4 Å². The van der Waals surface area contributed by atoms with Crippen molar-refractivity contribution in [2.75, 3.05) is 19.0 Å². The number of amides is 1. The topological polar surface area (TPSA) is 102 Å². The van der Waals surface area contributed by atoms with E-state index in [1.165, 1.54) is 27.8 Å². The van der Waals surface area contributed by atoms with Gasteiger partial charge in [0.2, 0.25) is 5.91 Å². The fourth-order valence-electron chi connectivity index (χ4n) is 3.80. The van der Waals surface area contributed by atoms with Crippen LogP contribution in [-0.2, 0) is 14.8 Å². The molecule has 8 nitrogen and oxygen atoms in total. The number of anilines is 1. The summed E-state index contributed by atoms with van der Waals surface area (Å²) >= 11 is 8.13. The fraction of sp³-hybridized carbons (Fsp3) is 0.238. The predicted molar refractivity (Wildman–Crippen MR) is 129 cm³/mol. The van der Waals surface area contributed by atoms with E-state index >= 15 is 0 Å². The lowest BCUT2D eigenvalue weighted by atomic mass is 10.2. The molecule has 1 N–H and O–H groups in total. The van der Waals surface area contributed by atoms with Crippen LogP contribution in [0.15, 0.2) is 50.4 Å². The van der Waals surface area contributed by atoms with E-state index in [-0.39, 0.29) is 10.8 Å². The summed E-state index contributed by atoms with van der Waals surface area (Å²) in [7, 11) is -2.22. The van der Waals surface area contributed by atoms with E-state index in [9.17, 15) is 13.2 Å². The summed E-state index contributed by atoms with van der Waals surface area (Å²) in [6.45, 7) is 0.278. The van der Waals surface area contributed by atoms with Gasteiger partial charge in [0.1, 0.15) is 15.9 Å². The minimum atomic E-state index is -3.80. The fourth-order valence-corrected chi connectivity index (χ4v) is 7.77. The van der Waals surface area contributed by atoms with Crippen LogP contribution in [0.1, 0.15) is 12.8 Å². The highest BCUT2D eigenvalue weighted by molar-refractivity contribution is 7.91. The monoisotopic (exact) mass is 523 g/mol. The van der Waals surface area contributed by atoms with Gasteiger partial charge in [-0.1, -0.05) is 23.7 Å². The molecular weight excluding hydrogens is 506 g/mol. The van der Waals surface area contributed by atoms with Gasteiger partial charge in [-0.25, -0.2) is 13.4 Å². The van der Waals surface area contributed by atoms with Crippen LogP contribution >= 0.6 is 34.3 Å². The van der Waals surface area contributed by atoms with Gasteiger partial charge in [-0.2, -0.15) is 4.31 Å². The Morgan fingerprint density at radius 2 is 2.18 bits per heavy atom. The number of hydrogen-bond donors (Lipinski definition) is 1. The molecule has 1 amide bonds. The minimum Gasteiger partial charge on any atom is -0.493 e. The number of hydrogen-bond acceptors (Lipinski definition) is 8. The van der Waals surface area contributed by atoms with E-state index in [1.807, 2.05) is 24.3 Å². The van der Waals surface area contributed by atoms with Crippen molar-refractivity contribution in [3.8, 4) is 17.2 Å². The third-order valence-corrected chi connectivity index (χ3v) is 9.70. The lowest BCUT2D eigenvalue weighted by Gasteiger charge is -2.22. The third-order valence-electron chi connectivity index (χ3n) is 5.33. The molecule has 1 fully saturated rings. The van der Waals surface area contributed by atoms with Gasteiger partial charge in [0.25, 0.3) is 10.0 Å². The van der Waals surface area contributed by atoms with Gasteiger partial charge in [-0.3, -0.25) is 4.79 Å². The van der Waals surface area contributed by atoms with Crippen LogP contribution in [0.2, 0.25) is 4.34 Å². The predicted octanol–water partition coefficient (Wildman–Crippen LogP) is 5.07. The number of nitrogens with one attached hydrogen (secondary N) is 1. The number of furan rings is 1. The summed E-state index contributed by atoms with van der Waals surface area (Å²) < 4.78 is 39.0. The van der Waals surface area contributed by atoms with E-state index in [0.29, 0.717) is 45.1 Å². The number of sulfonamides is 1. The van der Waals surface area contributed by atoms with Crippen LogP contribution in [0.5, 0.6) is 5.75 Å². The Kier molecular flexibility index (Phi) is 5.91. The van der Waals surface area contributed by atoms with Crippen LogP contribution < -0.4 is 10.1 Å². The van der Waals surface area contributed by atoms with Gasteiger partial charge >= 0.3 is 0 Å². The zero-order valence-electron chi connectivity index (χ0n) is 17.3. The Morgan fingerprint density at radius 3 is 2.94 bits per heavy atom. The summed E-state index contributed by atoms with van der Waals surface area (Å²) in [6, 6.07) is 9.65. The lowest BCUT2D eigenvalue weighted by molar-refractivity contribution is -0.119. The van der Waals surface area contributed by atoms with Crippen molar-refractivity contribution in [2.24, 2.45) is 0 Å². The summed E-state index contributed by atoms with van der Waals surface area (Å²) in [4.78, 5) is 17.4. The summed E-state index contributed by atoms with van der Waals surface area (Å²) in [5.74, 6) is 0.758. The second-order valence-electron chi connectivity index (χ2n) is 7.35. The number of thiophene rings is 1. The highest BCUT2D eigenvalue weighted by Gasteiger charge is 2.40. The molecule has 1 atom stereocenters.